The molecular formula is C6H19O17P3. The lowest BCUT2D eigenvalue weighted by atomic mass is 10.1. The zero-order valence-corrected chi connectivity index (χ0v) is 15.1. The molecule has 160 valence electrons. The number of hydrogen-bond acceptors (Lipinski definition) is 9. The lowest BCUT2D eigenvalue weighted by Crippen LogP contribution is -2.45. The van der Waals surface area contributed by atoms with Crippen molar-refractivity contribution < 1.29 is 82.6 Å². The molecule has 17 nitrogen and oxygen atoms in total. The molecule has 0 fully saturated rings. The van der Waals surface area contributed by atoms with Gasteiger partial charge < -0.3 is 59.6 Å². The Morgan fingerprint density at radius 1 is 0.808 bits per heavy atom. The Morgan fingerprint density at radius 3 is 1.35 bits per heavy atom. The van der Waals surface area contributed by atoms with E-state index in [0.717, 1.165) is 0 Å². The lowest BCUT2D eigenvalue weighted by molar-refractivity contribution is -0.142. The summed E-state index contributed by atoms with van der Waals surface area (Å²) in [7, 11) is -14.1. The van der Waals surface area contributed by atoms with E-state index in [2.05, 4.69) is 4.52 Å². The quantitative estimate of drug-likeness (QED) is 0.159. The molecule has 0 bridgehead atoms. The van der Waals surface area contributed by atoms with Gasteiger partial charge in [-0.05, 0) is 0 Å². The molecule has 0 aromatic carbocycles. The first-order chi connectivity index (χ1) is 11.2. The van der Waals surface area contributed by atoms with Gasteiger partial charge in [0, 0.05) is 0 Å². The molecule has 0 radical (unpaired) electrons. The summed E-state index contributed by atoms with van der Waals surface area (Å²) in [5, 5.41) is 35.6. The van der Waals surface area contributed by atoms with E-state index in [1.54, 1.807) is 0 Å². The number of aliphatic hydroxyl groups excluding tert-OH is 4. The topological polar surface area (TPSA) is 320 Å². The molecule has 0 heterocycles. The highest BCUT2D eigenvalue weighted by molar-refractivity contribution is 7.46. The maximum Gasteiger partial charge on any atom is 0.469 e. The molecule has 0 aliphatic rings. The molecule has 0 aliphatic carbocycles. The highest BCUT2D eigenvalue weighted by Gasteiger charge is 2.31. The predicted molar refractivity (Wildman–Crippen MR) is 76.6 cm³/mol. The van der Waals surface area contributed by atoms with E-state index in [9.17, 15) is 9.36 Å². The molecule has 0 amide bonds. The van der Waals surface area contributed by atoms with Crippen LogP contribution in [0.15, 0.2) is 0 Å². The molecule has 3 unspecified atom stereocenters. The van der Waals surface area contributed by atoms with Crippen molar-refractivity contribution in [3.63, 3.8) is 0 Å². The molecule has 0 spiro atoms. The third kappa shape index (κ3) is 31.6. The molecule has 0 aromatic heterocycles. The van der Waals surface area contributed by atoms with Crippen molar-refractivity contribution in [1.82, 2.24) is 0 Å². The average Bonchev–Trinajstić information content (AvgIpc) is 2.37. The number of Topliss-reactive ketones (excluding diaryl/α,β-unsaturated/α-hetero) is 1. The van der Waals surface area contributed by atoms with Crippen LogP contribution in [0.25, 0.3) is 0 Å². The highest BCUT2D eigenvalue weighted by atomic mass is 31.2. The summed E-state index contributed by atoms with van der Waals surface area (Å²) in [6.07, 6.45) is -5.94. The first-order valence-corrected chi connectivity index (χ1v) is 10.3. The second-order valence-corrected chi connectivity index (χ2v) is 7.23. The molecule has 0 aliphatic heterocycles. The molecule has 0 aromatic rings. The Balaban J connectivity index is -0.000000433. The molecule has 3 atom stereocenters. The number of carbonyl (C=O) groups excluding carboxylic acids is 1. The standard InChI is InChI=1S/C6H13O9P.2H3O4P/c7-1-3(8)5(10)6(11)4(9)2-15-16(12,13)14;2*1-5(2,3)4/h4-7,9-11H,1-2H2,(H2,12,13,14);2*(H3,1,2,3,4). The van der Waals surface area contributed by atoms with Crippen LogP contribution in [0.3, 0.4) is 0 Å². The Morgan fingerprint density at radius 2 is 1.12 bits per heavy atom. The van der Waals surface area contributed by atoms with E-state index >= 15 is 0 Å². The smallest absolute Gasteiger partial charge is 0.388 e. The summed E-state index contributed by atoms with van der Waals surface area (Å²) in [5.74, 6) is -1.14. The maximum absolute atomic E-state index is 10.7. The van der Waals surface area contributed by atoms with Crippen LogP contribution < -0.4 is 0 Å². The van der Waals surface area contributed by atoms with E-state index < -0.39 is 60.8 Å². The van der Waals surface area contributed by atoms with Crippen LogP contribution in [0.5, 0.6) is 0 Å². The molecule has 0 saturated heterocycles. The van der Waals surface area contributed by atoms with Crippen molar-refractivity contribution >= 4 is 29.3 Å². The van der Waals surface area contributed by atoms with Crippen LogP contribution in [0, 0.1) is 0 Å². The van der Waals surface area contributed by atoms with E-state index in [-0.39, 0.29) is 0 Å². The third-order valence-electron chi connectivity index (χ3n) is 1.62. The molecule has 0 saturated carbocycles. The summed E-state index contributed by atoms with van der Waals surface area (Å²) in [6.45, 7) is -2.01. The fourth-order valence-corrected chi connectivity index (χ4v) is 1.11. The number of rotatable bonds is 7. The van der Waals surface area contributed by atoms with Crippen molar-refractivity contribution in [3.8, 4) is 0 Å². The zero-order chi connectivity index (χ0) is 21.9. The van der Waals surface area contributed by atoms with Crippen molar-refractivity contribution in [2.24, 2.45) is 0 Å². The van der Waals surface area contributed by atoms with Gasteiger partial charge in [0.25, 0.3) is 0 Å². The second kappa shape index (κ2) is 13.1. The maximum atomic E-state index is 10.7. The SMILES string of the molecule is O=C(CO)C(O)C(O)C(O)COP(=O)(O)O.O=P(O)(O)O.O=P(O)(O)O. The first-order valence-electron chi connectivity index (χ1n) is 5.63. The molecule has 20 heteroatoms. The largest absolute Gasteiger partial charge is 0.469 e. The summed E-state index contributed by atoms with van der Waals surface area (Å²) in [4.78, 5) is 70.4. The summed E-state index contributed by atoms with van der Waals surface area (Å²) < 4.78 is 31.8. The second-order valence-electron chi connectivity index (χ2n) is 3.94. The molecule has 0 rings (SSSR count). The van der Waals surface area contributed by atoms with Crippen LogP contribution >= 0.6 is 23.5 Å². The Hall–Kier alpha value is -0.160. The van der Waals surface area contributed by atoms with Crippen LogP contribution in [-0.2, 0) is 23.0 Å². The Bertz CT molecular complexity index is 492. The fourth-order valence-electron chi connectivity index (χ4n) is 0.766. The van der Waals surface area contributed by atoms with Gasteiger partial charge in [0.2, 0.25) is 0 Å². The van der Waals surface area contributed by atoms with Gasteiger partial charge in [-0.3, -0.25) is 9.32 Å². The predicted octanol–water partition coefficient (Wildman–Crippen LogP) is -5.12. The molecule has 26 heavy (non-hydrogen) atoms. The highest BCUT2D eigenvalue weighted by Crippen LogP contribution is 2.35. The third-order valence-corrected chi connectivity index (χ3v) is 2.10. The van der Waals surface area contributed by atoms with Crippen LogP contribution in [0.4, 0.5) is 0 Å². The van der Waals surface area contributed by atoms with E-state index in [1.807, 2.05) is 0 Å². The van der Waals surface area contributed by atoms with Crippen molar-refractivity contribution in [2.75, 3.05) is 13.2 Å². The van der Waals surface area contributed by atoms with Gasteiger partial charge in [0.15, 0.2) is 5.78 Å². The summed E-state index contributed by atoms with van der Waals surface area (Å²) in [6, 6.07) is 0. The van der Waals surface area contributed by atoms with E-state index in [4.69, 9.17) is 68.7 Å². The Kier molecular flexibility index (Phi) is 15.4. The number of phosphoric ester groups is 1. The van der Waals surface area contributed by atoms with Gasteiger partial charge in [-0.1, -0.05) is 0 Å². The number of ketones is 1. The minimum absolute atomic E-state index is 0.971. The first kappa shape index (κ1) is 30.6. The van der Waals surface area contributed by atoms with Gasteiger partial charge in [-0.2, -0.15) is 0 Å². The summed E-state index contributed by atoms with van der Waals surface area (Å²) in [5.41, 5.74) is 0. The van der Waals surface area contributed by atoms with Crippen LogP contribution in [-0.4, -0.2) is 96.9 Å². The van der Waals surface area contributed by atoms with Gasteiger partial charge in [-0.15, -0.1) is 0 Å². The van der Waals surface area contributed by atoms with Gasteiger partial charge in [-0.25, -0.2) is 13.7 Å². The van der Waals surface area contributed by atoms with Crippen molar-refractivity contribution in [2.45, 2.75) is 18.3 Å². The monoisotopic (exact) mass is 456 g/mol. The zero-order valence-electron chi connectivity index (χ0n) is 12.4. The van der Waals surface area contributed by atoms with Crippen LogP contribution in [0.1, 0.15) is 0 Å². The Labute approximate surface area is 144 Å². The summed E-state index contributed by atoms with van der Waals surface area (Å²) >= 11 is 0. The van der Waals surface area contributed by atoms with Crippen molar-refractivity contribution in [1.29, 1.82) is 0 Å². The minimum Gasteiger partial charge on any atom is -0.388 e. The number of aliphatic hydroxyl groups is 4. The minimum atomic E-state index is -4.81. The van der Waals surface area contributed by atoms with Crippen LogP contribution in [0.2, 0.25) is 0 Å². The van der Waals surface area contributed by atoms with E-state index in [0.29, 0.717) is 0 Å². The normalized spacial score (nSPS) is 15.5. The number of phosphoric acid groups is 3. The van der Waals surface area contributed by atoms with Crippen molar-refractivity contribution in [3.05, 3.63) is 0 Å². The lowest BCUT2D eigenvalue weighted by Gasteiger charge is -2.21. The van der Waals surface area contributed by atoms with Gasteiger partial charge in [0.1, 0.15) is 24.9 Å². The van der Waals surface area contributed by atoms with E-state index in [1.165, 1.54) is 0 Å². The van der Waals surface area contributed by atoms with Gasteiger partial charge in [0.05, 0.1) is 6.61 Å². The number of hydrogen-bond donors (Lipinski definition) is 12. The average molecular weight is 456 g/mol. The fraction of sp³-hybridized carbons (Fsp3) is 0.833. The molecule has 12 N–H and O–H groups in total. The number of carbonyl (C=O) groups is 1. The van der Waals surface area contributed by atoms with Gasteiger partial charge >= 0.3 is 23.5 Å². The molecular weight excluding hydrogens is 437 g/mol.